The molecular weight excluding hydrogens is 665 g/mol. The van der Waals surface area contributed by atoms with E-state index in [9.17, 15) is 39.5 Å². The second kappa shape index (κ2) is 17.8. The lowest BCUT2D eigenvalue weighted by molar-refractivity contribution is -0.193. The summed E-state index contributed by atoms with van der Waals surface area (Å²) in [6, 6.07) is 8.04. The van der Waals surface area contributed by atoms with E-state index in [0.717, 1.165) is 43.1 Å². The van der Waals surface area contributed by atoms with Gasteiger partial charge in [-0.25, -0.2) is 14.4 Å². The third-order valence-electron chi connectivity index (χ3n) is 5.49. The van der Waals surface area contributed by atoms with Crippen LogP contribution in [0.1, 0.15) is 33.8 Å². The Hall–Kier alpha value is -4.72. The van der Waals surface area contributed by atoms with Gasteiger partial charge < -0.3 is 24.5 Å². The smallest absolute Gasteiger partial charge is 0.475 e. The van der Waals surface area contributed by atoms with E-state index in [-0.39, 0.29) is 0 Å². The summed E-state index contributed by atoms with van der Waals surface area (Å²) in [5.41, 5.74) is 5.02. The predicted molar refractivity (Wildman–Crippen MR) is 139 cm³/mol. The van der Waals surface area contributed by atoms with Gasteiger partial charge in [-0.15, -0.1) is 0 Å². The molecule has 47 heavy (non-hydrogen) atoms. The molecule has 1 aliphatic rings. The van der Waals surface area contributed by atoms with Gasteiger partial charge in [-0.2, -0.15) is 39.5 Å². The fourth-order valence-electron chi connectivity index (χ4n) is 3.43. The number of nitrogens with zero attached hydrogens (tertiary/aromatic N) is 3. The van der Waals surface area contributed by atoms with Crippen LogP contribution in [0.4, 0.5) is 39.5 Å². The molecule has 0 radical (unpaired) electrons. The van der Waals surface area contributed by atoms with E-state index in [0.29, 0.717) is 13.2 Å². The summed E-state index contributed by atoms with van der Waals surface area (Å²) in [7, 11) is 0. The van der Waals surface area contributed by atoms with Gasteiger partial charge in [0.05, 0.1) is 19.8 Å². The lowest BCUT2D eigenvalue weighted by Crippen LogP contribution is -2.30. The molecular formula is C27H26F9N3O8. The molecule has 1 aliphatic heterocycles. The molecule has 4 heterocycles. The number of pyridine rings is 2. The van der Waals surface area contributed by atoms with Gasteiger partial charge in [0.1, 0.15) is 11.5 Å². The van der Waals surface area contributed by atoms with E-state index < -0.39 is 36.4 Å². The number of fused-ring (bicyclic) bond motifs is 1. The van der Waals surface area contributed by atoms with E-state index in [4.69, 9.17) is 38.9 Å². The molecule has 3 aromatic heterocycles. The number of aromatic nitrogens is 2. The van der Waals surface area contributed by atoms with Crippen molar-refractivity contribution in [2.45, 2.75) is 58.2 Å². The number of carboxylic acid groups (broad SMARTS) is 3. The normalized spacial score (nSPS) is 13.0. The second-order valence-electron chi connectivity index (χ2n) is 9.17. The Balaban J connectivity index is 0.000000430. The van der Waals surface area contributed by atoms with Crippen LogP contribution in [-0.4, -0.2) is 73.2 Å². The topological polar surface area (TPSA) is 163 Å². The Morgan fingerprint density at radius 1 is 0.809 bits per heavy atom. The van der Waals surface area contributed by atoms with Crippen molar-refractivity contribution >= 4 is 17.9 Å². The molecule has 0 saturated carbocycles. The van der Waals surface area contributed by atoms with Crippen LogP contribution in [0.2, 0.25) is 0 Å². The van der Waals surface area contributed by atoms with Gasteiger partial charge in [-0.3, -0.25) is 14.9 Å². The molecule has 0 aromatic carbocycles. The molecule has 3 aromatic rings. The molecule has 0 unspecified atom stereocenters. The van der Waals surface area contributed by atoms with Crippen LogP contribution in [0.3, 0.4) is 0 Å². The number of furan rings is 1. The lowest BCUT2D eigenvalue weighted by Gasteiger charge is -2.29. The maximum atomic E-state index is 10.6. The largest absolute Gasteiger partial charge is 0.490 e. The number of carboxylic acids is 3. The van der Waals surface area contributed by atoms with Gasteiger partial charge in [0.25, 0.3) is 0 Å². The first-order valence-corrected chi connectivity index (χ1v) is 12.7. The summed E-state index contributed by atoms with van der Waals surface area (Å²) < 4.78 is 107. The minimum Gasteiger partial charge on any atom is -0.475 e. The Kier molecular flexibility index (Phi) is 15.3. The molecule has 0 fully saturated rings. The maximum absolute atomic E-state index is 10.6. The van der Waals surface area contributed by atoms with E-state index in [1.165, 1.54) is 16.7 Å². The zero-order valence-electron chi connectivity index (χ0n) is 24.0. The molecule has 0 aliphatic carbocycles. The predicted octanol–water partition coefficient (Wildman–Crippen LogP) is 5.55. The summed E-state index contributed by atoms with van der Waals surface area (Å²) in [5.74, 6) is -6.28. The van der Waals surface area contributed by atoms with Crippen molar-refractivity contribution in [3.63, 3.8) is 0 Å². The van der Waals surface area contributed by atoms with Crippen LogP contribution in [0.25, 0.3) is 0 Å². The summed E-state index contributed by atoms with van der Waals surface area (Å²) in [5, 5.41) is 21.4. The van der Waals surface area contributed by atoms with Crippen molar-refractivity contribution in [3.05, 3.63) is 82.8 Å². The Morgan fingerprint density at radius 3 is 1.77 bits per heavy atom. The molecule has 11 nitrogen and oxygen atoms in total. The number of carbonyl (C=O) groups is 3. The SMILES string of the molecule is Cc1ccc(CN2CCc3c(COCc4ccncc4)cncc3C2)o1.O=C(O)C(F)(F)F.O=C(O)C(F)(F)F.O=C(O)C(F)(F)F. The first-order valence-electron chi connectivity index (χ1n) is 12.7. The van der Waals surface area contributed by atoms with Crippen LogP contribution >= 0.6 is 0 Å². The number of halogens is 9. The fourth-order valence-corrected chi connectivity index (χ4v) is 3.43. The monoisotopic (exact) mass is 691 g/mol. The van der Waals surface area contributed by atoms with Crippen LogP contribution in [0.15, 0.2) is 53.5 Å². The summed E-state index contributed by atoms with van der Waals surface area (Å²) in [6.07, 6.45) is -6.72. The first kappa shape index (κ1) is 40.3. The van der Waals surface area contributed by atoms with Gasteiger partial charge in [0, 0.05) is 37.9 Å². The van der Waals surface area contributed by atoms with E-state index in [2.05, 4.69) is 20.9 Å². The third-order valence-corrected chi connectivity index (χ3v) is 5.49. The van der Waals surface area contributed by atoms with E-state index >= 15 is 0 Å². The second-order valence-corrected chi connectivity index (χ2v) is 9.17. The average molecular weight is 692 g/mol. The molecule has 0 bridgehead atoms. The molecule has 3 N–H and O–H groups in total. The summed E-state index contributed by atoms with van der Waals surface area (Å²) in [6.45, 7) is 5.94. The standard InChI is InChI=1S/C21H23N3O2.3C2HF3O2/c1-16-2-3-20(26-16)13-24-9-6-21-18(12-24)10-23-11-19(21)15-25-14-17-4-7-22-8-5-17;3*3-2(4,5)1(6)7/h2-5,7-8,10-11H,6,9,12-15H2,1H3;3*(H,6,7). The highest BCUT2D eigenvalue weighted by Crippen LogP contribution is 2.24. The zero-order chi connectivity index (χ0) is 36.0. The Bertz CT molecular complexity index is 1390. The first-order chi connectivity index (χ1) is 21.6. The van der Waals surface area contributed by atoms with Crippen molar-refractivity contribution in [2.24, 2.45) is 0 Å². The van der Waals surface area contributed by atoms with Crippen LogP contribution in [0.5, 0.6) is 0 Å². The van der Waals surface area contributed by atoms with Crippen molar-refractivity contribution in [3.8, 4) is 0 Å². The lowest BCUT2D eigenvalue weighted by atomic mass is 9.97. The van der Waals surface area contributed by atoms with Crippen molar-refractivity contribution in [2.75, 3.05) is 6.54 Å². The number of rotatable bonds is 6. The van der Waals surface area contributed by atoms with Gasteiger partial charge in [-0.1, -0.05) is 0 Å². The highest BCUT2D eigenvalue weighted by molar-refractivity contribution is 5.73. The molecule has 0 atom stereocenters. The number of alkyl halides is 9. The maximum Gasteiger partial charge on any atom is 0.490 e. The molecule has 0 saturated heterocycles. The highest BCUT2D eigenvalue weighted by Gasteiger charge is 2.39. The quantitative estimate of drug-likeness (QED) is 0.278. The highest BCUT2D eigenvalue weighted by atomic mass is 19.4. The van der Waals surface area contributed by atoms with Crippen molar-refractivity contribution in [1.82, 2.24) is 14.9 Å². The van der Waals surface area contributed by atoms with Crippen LogP contribution in [0, 0.1) is 6.92 Å². The van der Waals surface area contributed by atoms with Gasteiger partial charge in [0.2, 0.25) is 0 Å². The minimum atomic E-state index is -5.08. The number of aryl methyl sites for hydroxylation is 1. The van der Waals surface area contributed by atoms with Gasteiger partial charge in [0.15, 0.2) is 0 Å². The molecule has 4 rings (SSSR count). The zero-order valence-corrected chi connectivity index (χ0v) is 24.0. The van der Waals surface area contributed by atoms with Gasteiger partial charge in [-0.05, 0) is 59.9 Å². The Labute approximate surface area is 259 Å². The van der Waals surface area contributed by atoms with E-state index in [1.54, 1.807) is 12.4 Å². The molecule has 0 spiro atoms. The summed E-state index contributed by atoms with van der Waals surface area (Å²) >= 11 is 0. The van der Waals surface area contributed by atoms with Crippen LogP contribution < -0.4 is 0 Å². The summed E-state index contributed by atoms with van der Waals surface area (Å²) in [4.78, 5) is 37.6. The average Bonchev–Trinajstić information content (AvgIpc) is 3.37. The molecule has 260 valence electrons. The minimum absolute atomic E-state index is 0.593. The van der Waals surface area contributed by atoms with E-state index in [1.807, 2.05) is 37.5 Å². The fraction of sp³-hybridized carbons (Fsp3) is 0.370. The third kappa shape index (κ3) is 15.9. The molecule has 0 amide bonds. The molecule has 20 heteroatoms. The number of hydrogen-bond donors (Lipinski definition) is 3. The number of hydrogen-bond acceptors (Lipinski definition) is 8. The van der Waals surface area contributed by atoms with Crippen molar-refractivity contribution < 1.29 is 78.4 Å². The van der Waals surface area contributed by atoms with Gasteiger partial charge >= 0.3 is 36.4 Å². The Morgan fingerprint density at radius 2 is 1.32 bits per heavy atom. The number of aliphatic carboxylic acids is 3. The van der Waals surface area contributed by atoms with Crippen molar-refractivity contribution in [1.29, 1.82) is 0 Å². The van der Waals surface area contributed by atoms with Crippen LogP contribution in [-0.2, 0) is 51.8 Å². The number of ether oxygens (including phenoxy) is 1.